The molecule has 1 aliphatic heterocycles. The Kier molecular flexibility index (Phi) is 8.25. The van der Waals surface area contributed by atoms with Crippen molar-refractivity contribution in [1.29, 1.82) is 0 Å². The first kappa shape index (κ1) is 21.5. The molecular formula is C23H29NO4S. The topological polar surface area (TPSA) is 59.0 Å². The van der Waals surface area contributed by atoms with Gasteiger partial charge in [-0.15, -0.1) is 11.8 Å². The Morgan fingerprint density at radius 2 is 2.07 bits per heavy atom. The number of allylic oxidation sites excluding steroid dienone is 5. The molecule has 2 aliphatic rings. The van der Waals surface area contributed by atoms with Gasteiger partial charge >= 0.3 is 0 Å². The summed E-state index contributed by atoms with van der Waals surface area (Å²) in [7, 11) is 1.70. The fourth-order valence-electron chi connectivity index (χ4n) is 3.33. The van der Waals surface area contributed by atoms with Crippen molar-refractivity contribution >= 4 is 17.7 Å². The third-order valence-corrected chi connectivity index (χ3v) is 6.37. The monoisotopic (exact) mass is 415 g/mol. The quantitative estimate of drug-likeness (QED) is 0.728. The van der Waals surface area contributed by atoms with E-state index in [-0.39, 0.29) is 19.1 Å². The maximum absolute atomic E-state index is 12.5. The Morgan fingerprint density at radius 1 is 1.24 bits per heavy atom. The zero-order valence-electron chi connectivity index (χ0n) is 16.9. The summed E-state index contributed by atoms with van der Waals surface area (Å²) in [5, 5.41) is 9.50. The van der Waals surface area contributed by atoms with E-state index in [0.29, 0.717) is 11.0 Å². The van der Waals surface area contributed by atoms with Crippen molar-refractivity contribution in [3.05, 3.63) is 64.8 Å². The number of rotatable bonds is 7. The van der Waals surface area contributed by atoms with Gasteiger partial charge in [0.1, 0.15) is 11.5 Å². The van der Waals surface area contributed by atoms with Crippen LogP contribution in [0.2, 0.25) is 0 Å². The summed E-state index contributed by atoms with van der Waals surface area (Å²) in [6, 6.07) is 7.15. The fraction of sp³-hybridized carbons (Fsp3) is 0.435. The molecule has 6 heteroatoms. The third-order valence-electron chi connectivity index (χ3n) is 5.01. The lowest BCUT2D eigenvalue weighted by molar-refractivity contribution is -0.132. The van der Waals surface area contributed by atoms with Crippen LogP contribution in [0.25, 0.3) is 0 Å². The number of aliphatic hydroxyl groups excluding tert-OH is 1. The van der Waals surface area contributed by atoms with Crippen LogP contribution in [0.5, 0.6) is 5.75 Å². The van der Waals surface area contributed by atoms with Crippen LogP contribution >= 0.6 is 11.8 Å². The number of ether oxygens (including phenoxy) is 2. The van der Waals surface area contributed by atoms with Gasteiger partial charge in [-0.2, -0.15) is 0 Å². The second kappa shape index (κ2) is 11.1. The molecule has 1 unspecified atom stereocenters. The third kappa shape index (κ3) is 6.68. The number of thioether (sulfide) groups is 1. The molecule has 1 aromatic rings. The minimum Gasteiger partial charge on any atom is -0.497 e. The maximum atomic E-state index is 12.5. The van der Waals surface area contributed by atoms with E-state index < -0.39 is 0 Å². The maximum Gasteiger partial charge on any atom is 0.260 e. The molecule has 29 heavy (non-hydrogen) atoms. The average Bonchev–Trinajstić information content (AvgIpc) is 3.25. The van der Waals surface area contributed by atoms with Crippen LogP contribution < -0.4 is 4.74 Å². The molecule has 5 nitrogen and oxygen atoms in total. The molecule has 3 rings (SSSR count). The lowest BCUT2D eigenvalue weighted by atomic mass is 10.2. The Balaban J connectivity index is 1.46. The van der Waals surface area contributed by atoms with Gasteiger partial charge in [0.15, 0.2) is 6.61 Å². The fourth-order valence-corrected chi connectivity index (χ4v) is 4.63. The summed E-state index contributed by atoms with van der Waals surface area (Å²) in [4.78, 5) is 15.8. The largest absolute Gasteiger partial charge is 0.497 e. The molecule has 1 aliphatic carbocycles. The summed E-state index contributed by atoms with van der Waals surface area (Å²) in [6.07, 6.45) is 12.5. The second-order valence-corrected chi connectivity index (χ2v) is 8.55. The van der Waals surface area contributed by atoms with Gasteiger partial charge in [-0.3, -0.25) is 4.79 Å². The van der Waals surface area contributed by atoms with Crippen LogP contribution in [0.15, 0.2) is 59.2 Å². The number of amides is 1. The highest BCUT2D eigenvalue weighted by Gasteiger charge is 2.27. The molecule has 0 saturated carbocycles. The number of benzene rings is 1. The van der Waals surface area contributed by atoms with E-state index in [1.165, 1.54) is 4.91 Å². The molecule has 1 aromatic carbocycles. The van der Waals surface area contributed by atoms with Gasteiger partial charge < -0.3 is 19.5 Å². The van der Waals surface area contributed by atoms with E-state index in [2.05, 4.69) is 18.2 Å². The SMILES string of the molecule is COC1=CC/C(SC2CCN(C(=O)COc3ccc(CO)cc3)C2)=C\CC/C=C\1. The molecule has 1 N–H and O–H groups in total. The summed E-state index contributed by atoms with van der Waals surface area (Å²) in [5.74, 6) is 1.57. The predicted octanol–water partition coefficient (Wildman–Crippen LogP) is 4.05. The van der Waals surface area contributed by atoms with E-state index in [0.717, 1.165) is 50.1 Å². The van der Waals surface area contributed by atoms with E-state index in [1.807, 2.05) is 22.7 Å². The summed E-state index contributed by atoms with van der Waals surface area (Å²) < 4.78 is 11.0. The van der Waals surface area contributed by atoms with Crippen molar-refractivity contribution < 1.29 is 19.4 Å². The van der Waals surface area contributed by atoms with E-state index in [9.17, 15) is 4.79 Å². The van der Waals surface area contributed by atoms with Gasteiger partial charge in [0.25, 0.3) is 5.91 Å². The van der Waals surface area contributed by atoms with Crippen molar-refractivity contribution in [2.24, 2.45) is 0 Å². The smallest absolute Gasteiger partial charge is 0.260 e. The molecule has 0 bridgehead atoms. The zero-order chi connectivity index (χ0) is 20.5. The van der Waals surface area contributed by atoms with Crippen molar-refractivity contribution in [2.75, 3.05) is 26.8 Å². The molecule has 1 saturated heterocycles. The number of aliphatic hydroxyl groups is 1. The molecule has 0 spiro atoms. The molecule has 1 amide bonds. The van der Waals surface area contributed by atoms with Crippen molar-refractivity contribution in [3.8, 4) is 5.75 Å². The number of hydrogen-bond donors (Lipinski definition) is 1. The van der Waals surface area contributed by atoms with Crippen LogP contribution in [0, 0.1) is 0 Å². The van der Waals surface area contributed by atoms with E-state index in [4.69, 9.17) is 14.6 Å². The number of carbonyl (C=O) groups is 1. The first-order valence-corrected chi connectivity index (χ1v) is 10.9. The van der Waals surface area contributed by atoms with Gasteiger partial charge in [-0.1, -0.05) is 24.3 Å². The first-order chi connectivity index (χ1) is 14.2. The van der Waals surface area contributed by atoms with Crippen LogP contribution in [-0.4, -0.2) is 48.0 Å². The van der Waals surface area contributed by atoms with Crippen LogP contribution in [-0.2, 0) is 16.1 Å². The highest BCUT2D eigenvalue weighted by Crippen LogP contribution is 2.32. The normalized spacial score (nSPS) is 22.6. The molecule has 1 heterocycles. The number of likely N-dealkylation sites (tertiary alicyclic amines) is 1. The van der Waals surface area contributed by atoms with Gasteiger partial charge in [0.2, 0.25) is 0 Å². The van der Waals surface area contributed by atoms with Crippen molar-refractivity contribution in [2.45, 2.75) is 37.5 Å². The molecule has 0 radical (unpaired) electrons. The predicted molar refractivity (Wildman–Crippen MR) is 117 cm³/mol. The Bertz CT molecular complexity index is 770. The minimum absolute atomic E-state index is 0.00155. The second-order valence-electron chi connectivity index (χ2n) is 7.12. The van der Waals surface area contributed by atoms with Gasteiger partial charge in [0.05, 0.1) is 13.7 Å². The molecule has 0 aromatic heterocycles. The highest BCUT2D eigenvalue weighted by atomic mass is 32.2. The summed E-state index contributed by atoms with van der Waals surface area (Å²) >= 11 is 1.89. The van der Waals surface area contributed by atoms with E-state index in [1.54, 1.807) is 31.4 Å². The number of methoxy groups -OCH3 is 1. The Morgan fingerprint density at radius 3 is 2.83 bits per heavy atom. The standard InChI is InChI=1S/C23H29NO4S/c1-27-19-5-3-2-4-6-21(12-11-19)29-22-13-14-24(15-22)23(26)17-28-20-9-7-18(16-25)8-10-20/h3,5-11,22,25H,2,4,12-17H2,1H3/b5-3-,19-11?,21-6+. The first-order valence-electron chi connectivity index (χ1n) is 10.0. The molecule has 1 fully saturated rings. The number of hydrogen-bond acceptors (Lipinski definition) is 5. The molecular weight excluding hydrogens is 386 g/mol. The van der Waals surface area contributed by atoms with Crippen LogP contribution in [0.1, 0.15) is 31.2 Å². The van der Waals surface area contributed by atoms with Gasteiger partial charge in [-0.25, -0.2) is 0 Å². The minimum atomic E-state index is 0.00155. The van der Waals surface area contributed by atoms with Crippen LogP contribution in [0.3, 0.4) is 0 Å². The van der Waals surface area contributed by atoms with Gasteiger partial charge in [-0.05, 0) is 60.4 Å². The Hall–Kier alpha value is -2.18. The van der Waals surface area contributed by atoms with Crippen LogP contribution in [0.4, 0.5) is 0 Å². The summed E-state index contributed by atoms with van der Waals surface area (Å²) in [5.41, 5.74) is 0.825. The number of nitrogens with zero attached hydrogens (tertiary/aromatic N) is 1. The highest BCUT2D eigenvalue weighted by molar-refractivity contribution is 8.03. The molecule has 1 atom stereocenters. The van der Waals surface area contributed by atoms with Gasteiger partial charge in [0, 0.05) is 18.3 Å². The summed E-state index contributed by atoms with van der Waals surface area (Å²) in [6.45, 7) is 1.58. The molecule has 156 valence electrons. The zero-order valence-corrected chi connectivity index (χ0v) is 17.7. The number of carbonyl (C=O) groups excluding carboxylic acids is 1. The lowest BCUT2D eigenvalue weighted by Gasteiger charge is -2.17. The van der Waals surface area contributed by atoms with E-state index >= 15 is 0 Å². The average molecular weight is 416 g/mol. The van der Waals surface area contributed by atoms with Crippen molar-refractivity contribution in [1.82, 2.24) is 4.90 Å². The Labute approximate surface area is 177 Å². The van der Waals surface area contributed by atoms with Crippen molar-refractivity contribution in [3.63, 3.8) is 0 Å². The lowest BCUT2D eigenvalue weighted by Crippen LogP contribution is -2.33.